The van der Waals surface area contributed by atoms with Gasteiger partial charge in [-0.2, -0.15) is 0 Å². The van der Waals surface area contributed by atoms with Gasteiger partial charge in [0, 0.05) is 34.6 Å². The SMILES string of the molecule is Cc1nc2[nH]c(=O)n(C[C@H]3COCCO3)c2cc1-c1cnc2[nH]ccc2c1. The van der Waals surface area contributed by atoms with Crippen molar-refractivity contribution in [2.75, 3.05) is 19.8 Å². The number of hydrogen-bond acceptors (Lipinski definition) is 5. The topological polar surface area (TPSA) is 97.8 Å². The second kappa shape index (κ2) is 6.33. The van der Waals surface area contributed by atoms with Crippen molar-refractivity contribution in [2.45, 2.75) is 19.6 Å². The molecule has 0 unspecified atom stereocenters. The third kappa shape index (κ3) is 2.83. The summed E-state index contributed by atoms with van der Waals surface area (Å²) in [5.74, 6) is 0. The molecule has 0 amide bonds. The summed E-state index contributed by atoms with van der Waals surface area (Å²) in [6, 6.07) is 6.05. The molecule has 1 aliphatic heterocycles. The lowest BCUT2D eigenvalue weighted by Gasteiger charge is -2.23. The third-order valence-corrected chi connectivity index (χ3v) is 4.94. The number of nitrogens with zero attached hydrogens (tertiary/aromatic N) is 3. The number of aryl methyl sites for hydroxylation is 1. The van der Waals surface area contributed by atoms with Crippen LogP contribution in [0.5, 0.6) is 0 Å². The van der Waals surface area contributed by atoms with Gasteiger partial charge >= 0.3 is 5.69 Å². The Balaban J connectivity index is 1.61. The number of hydrogen-bond donors (Lipinski definition) is 2. The first-order chi connectivity index (χ1) is 13.2. The number of nitrogens with one attached hydrogen (secondary N) is 2. The molecule has 5 rings (SSSR count). The van der Waals surface area contributed by atoms with Gasteiger partial charge < -0.3 is 14.5 Å². The lowest BCUT2D eigenvalue weighted by molar-refractivity contribution is -0.0934. The number of rotatable bonds is 3. The van der Waals surface area contributed by atoms with Crippen molar-refractivity contribution in [3.05, 3.63) is 46.8 Å². The van der Waals surface area contributed by atoms with E-state index < -0.39 is 0 Å². The van der Waals surface area contributed by atoms with Crippen molar-refractivity contribution >= 4 is 22.2 Å². The molecule has 0 spiro atoms. The summed E-state index contributed by atoms with van der Waals surface area (Å²) in [5, 5.41) is 1.03. The Morgan fingerprint density at radius 2 is 2.22 bits per heavy atom. The fourth-order valence-corrected chi connectivity index (χ4v) is 3.58. The minimum absolute atomic E-state index is 0.141. The number of aromatic nitrogens is 5. The number of ether oxygens (including phenoxy) is 2. The van der Waals surface area contributed by atoms with E-state index in [4.69, 9.17) is 9.47 Å². The van der Waals surface area contributed by atoms with Crippen LogP contribution in [0.2, 0.25) is 0 Å². The van der Waals surface area contributed by atoms with E-state index >= 15 is 0 Å². The Morgan fingerprint density at radius 3 is 3.07 bits per heavy atom. The predicted octanol–water partition coefficient (Wildman–Crippen LogP) is 1.99. The van der Waals surface area contributed by atoms with E-state index in [2.05, 4.69) is 26.0 Å². The number of pyridine rings is 2. The van der Waals surface area contributed by atoms with Crippen LogP contribution in [-0.4, -0.2) is 50.4 Å². The quantitative estimate of drug-likeness (QED) is 0.579. The first kappa shape index (κ1) is 16.2. The largest absolute Gasteiger partial charge is 0.376 e. The number of fused-ring (bicyclic) bond motifs is 2. The van der Waals surface area contributed by atoms with E-state index in [1.54, 1.807) is 4.57 Å². The van der Waals surface area contributed by atoms with E-state index in [9.17, 15) is 4.79 Å². The summed E-state index contributed by atoms with van der Waals surface area (Å²) in [6.45, 7) is 3.99. The highest BCUT2D eigenvalue weighted by atomic mass is 16.6. The maximum Gasteiger partial charge on any atom is 0.327 e. The van der Waals surface area contributed by atoms with Crippen LogP contribution in [0.3, 0.4) is 0 Å². The highest BCUT2D eigenvalue weighted by Crippen LogP contribution is 2.27. The molecule has 27 heavy (non-hydrogen) atoms. The fraction of sp³-hybridized carbons (Fsp3) is 0.316. The molecule has 0 aromatic carbocycles. The zero-order chi connectivity index (χ0) is 18.4. The average Bonchev–Trinajstić information content (AvgIpc) is 3.26. The number of aromatic amines is 2. The van der Waals surface area contributed by atoms with Gasteiger partial charge in [-0.25, -0.2) is 14.8 Å². The molecular weight excluding hydrogens is 346 g/mol. The van der Waals surface area contributed by atoms with E-state index in [1.165, 1.54) is 0 Å². The average molecular weight is 365 g/mol. The standard InChI is InChI=1S/C19H19N5O3/c1-11-15(13-6-12-2-3-20-17(12)21-8-13)7-16-18(22-11)23-19(25)24(16)9-14-10-26-4-5-27-14/h2-3,6-8,14H,4-5,9-10H2,1H3,(H,20,21)(H,22,23,25)/t14-/m0/s1. The van der Waals surface area contributed by atoms with Crippen LogP contribution in [0.25, 0.3) is 33.3 Å². The van der Waals surface area contributed by atoms with E-state index in [0.717, 1.165) is 33.4 Å². The molecule has 2 N–H and O–H groups in total. The van der Waals surface area contributed by atoms with Gasteiger partial charge in [0.25, 0.3) is 0 Å². The molecule has 5 heterocycles. The van der Waals surface area contributed by atoms with Gasteiger partial charge in [0.05, 0.1) is 38.0 Å². The molecule has 0 aliphatic carbocycles. The van der Waals surface area contributed by atoms with E-state index in [1.807, 2.05) is 31.5 Å². The smallest absolute Gasteiger partial charge is 0.327 e. The van der Waals surface area contributed by atoms with Crippen LogP contribution >= 0.6 is 0 Å². The Labute approximate surface area is 154 Å². The summed E-state index contributed by atoms with van der Waals surface area (Å²) >= 11 is 0. The Kier molecular flexibility index (Phi) is 3.80. The van der Waals surface area contributed by atoms with Gasteiger partial charge in [-0.1, -0.05) is 0 Å². The second-order valence-electron chi connectivity index (χ2n) is 6.74. The van der Waals surface area contributed by atoms with E-state index in [-0.39, 0.29) is 11.8 Å². The van der Waals surface area contributed by atoms with Gasteiger partial charge in [-0.3, -0.25) is 9.55 Å². The van der Waals surface area contributed by atoms with Gasteiger partial charge in [-0.15, -0.1) is 0 Å². The Hall–Kier alpha value is -2.97. The molecule has 8 heteroatoms. The molecule has 0 bridgehead atoms. The van der Waals surface area contributed by atoms with Crippen molar-refractivity contribution in [1.82, 2.24) is 24.5 Å². The van der Waals surface area contributed by atoms with Gasteiger partial charge in [0.15, 0.2) is 5.65 Å². The fourth-order valence-electron chi connectivity index (χ4n) is 3.58. The summed E-state index contributed by atoms with van der Waals surface area (Å²) in [7, 11) is 0. The normalized spacial score (nSPS) is 17.7. The third-order valence-electron chi connectivity index (χ3n) is 4.94. The molecule has 1 saturated heterocycles. The van der Waals surface area contributed by atoms with Crippen LogP contribution in [0.4, 0.5) is 0 Å². The minimum Gasteiger partial charge on any atom is -0.376 e. The summed E-state index contributed by atoms with van der Waals surface area (Å²) in [4.78, 5) is 27.5. The maximum atomic E-state index is 12.5. The molecule has 1 atom stereocenters. The monoisotopic (exact) mass is 365 g/mol. The van der Waals surface area contributed by atoms with Crippen molar-refractivity contribution < 1.29 is 9.47 Å². The number of imidazole rings is 1. The molecule has 138 valence electrons. The van der Waals surface area contributed by atoms with Crippen LogP contribution in [-0.2, 0) is 16.0 Å². The number of H-pyrrole nitrogens is 2. The van der Waals surface area contributed by atoms with Crippen LogP contribution < -0.4 is 5.69 Å². The van der Waals surface area contributed by atoms with Gasteiger partial charge in [-0.05, 0) is 25.1 Å². The summed E-state index contributed by atoms with van der Waals surface area (Å²) < 4.78 is 12.8. The van der Waals surface area contributed by atoms with Gasteiger partial charge in [0.1, 0.15) is 5.65 Å². The highest BCUT2D eigenvalue weighted by molar-refractivity contribution is 5.85. The van der Waals surface area contributed by atoms with Crippen molar-refractivity contribution in [3.63, 3.8) is 0 Å². The molecule has 4 aromatic heterocycles. The van der Waals surface area contributed by atoms with Crippen molar-refractivity contribution in [2.24, 2.45) is 0 Å². The lowest BCUT2D eigenvalue weighted by Crippen LogP contribution is -2.34. The molecule has 1 aliphatic rings. The minimum atomic E-state index is -0.192. The first-order valence-electron chi connectivity index (χ1n) is 8.92. The first-order valence-corrected chi connectivity index (χ1v) is 8.92. The Morgan fingerprint density at radius 1 is 1.30 bits per heavy atom. The van der Waals surface area contributed by atoms with Gasteiger partial charge in [0.2, 0.25) is 0 Å². The second-order valence-corrected chi connectivity index (χ2v) is 6.74. The van der Waals surface area contributed by atoms with E-state index in [0.29, 0.717) is 32.0 Å². The summed E-state index contributed by atoms with van der Waals surface area (Å²) in [5.41, 5.74) is 4.74. The zero-order valence-corrected chi connectivity index (χ0v) is 14.9. The Bertz CT molecular complexity index is 1180. The summed E-state index contributed by atoms with van der Waals surface area (Å²) in [6.07, 6.45) is 3.55. The highest BCUT2D eigenvalue weighted by Gasteiger charge is 2.19. The lowest BCUT2D eigenvalue weighted by atomic mass is 10.1. The molecular formula is C19H19N5O3. The molecule has 0 radical (unpaired) electrons. The maximum absolute atomic E-state index is 12.5. The van der Waals surface area contributed by atoms with Crippen LogP contribution in [0.15, 0.2) is 35.4 Å². The van der Waals surface area contributed by atoms with Crippen LogP contribution in [0, 0.1) is 6.92 Å². The molecule has 8 nitrogen and oxygen atoms in total. The zero-order valence-electron chi connectivity index (χ0n) is 14.9. The van der Waals surface area contributed by atoms with Crippen molar-refractivity contribution in [3.8, 4) is 11.1 Å². The molecule has 0 saturated carbocycles. The molecule has 4 aromatic rings. The molecule has 1 fully saturated rings. The van der Waals surface area contributed by atoms with Crippen LogP contribution in [0.1, 0.15) is 5.69 Å². The van der Waals surface area contributed by atoms with Crippen molar-refractivity contribution in [1.29, 1.82) is 0 Å². The predicted molar refractivity (Wildman–Crippen MR) is 101 cm³/mol.